The van der Waals surface area contributed by atoms with E-state index < -0.39 is 0 Å². The molecule has 1 aromatic rings. The summed E-state index contributed by atoms with van der Waals surface area (Å²) in [5.74, 6) is 3.04. The third-order valence-corrected chi connectivity index (χ3v) is 4.17. The molecule has 1 aliphatic heterocycles. The van der Waals surface area contributed by atoms with Gasteiger partial charge in [0.15, 0.2) is 11.5 Å². The number of piperidine rings is 1. The third kappa shape index (κ3) is 4.53. The van der Waals surface area contributed by atoms with E-state index in [9.17, 15) is 0 Å². The van der Waals surface area contributed by atoms with E-state index in [2.05, 4.69) is 6.92 Å². The largest absolute Gasteiger partial charge is 0.493 e. The summed E-state index contributed by atoms with van der Waals surface area (Å²) < 4.78 is 16.6. The average molecular weight is 294 g/mol. The Hall–Kier alpha value is -1.42. The van der Waals surface area contributed by atoms with E-state index in [1.165, 1.54) is 32.5 Å². The van der Waals surface area contributed by atoms with E-state index >= 15 is 0 Å². The summed E-state index contributed by atoms with van der Waals surface area (Å²) in [7, 11) is 3.31. The Labute approximate surface area is 128 Å². The van der Waals surface area contributed by atoms with Crippen molar-refractivity contribution in [3.63, 3.8) is 0 Å². The van der Waals surface area contributed by atoms with Crippen LogP contribution < -0.4 is 19.1 Å². The molecule has 0 saturated carbocycles. The Morgan fingerprint density at radius 3 is 2.52 bits per heavy atom. The van der Waals surface area contributed by atoms with Gasteiger partial charge in [-0.05, 0) is 25.0 Å². The van der Waals surface area contributed by atoms with E-state index in [1.807, 2.05) is 18.2 Å². The zero-order valence-corrected chi connectivity index (χ0v) is 13.5. The first-order chi connectivity index (χ1) is 10.2. The van der Waals surface area contributed by atoms with Crippen molar-refractivity contribution in [3.05, 3.63) is 18.2 Å². The summed E-state index contributed by atoms with van der Waals surface area (Å²) in [6, 6.07) is 5.70. The van der Waals surface area contributed by atoms with Gasteiger partial charge in [0.25, 0.3) is 0 Å². The molecule has 1 aromatic carbocycles. The van der Waals surface area contributed by atoms with Crippen LogP contribution in [0.25, 0.3) is 0 Å². The van der Waals surface area contributed by atoms with Gasteiger partial charge in [-0.2, -0.15) is 0 Å². The van der Waals surface area contributed by atoms with E-state index in [0.29, 0.717) is 12.4 Å². The van der Waals surface area contributed by atoms with Crippen LogP contribution in [0.3, 0.4) is 0 Å². The van der Waals surface area contributed by atoms with Crippen LogP contribution in [0.15, 0.2) is 18.2 Å². The van der Waals surface area contributed by atoms with E-state index in [0.717, 1.165) is 23.8 Å². The minimum absolute atomic E-state index is 0.703. The molecule has 4 heteroatoms. The van der Waals surface area contributed by atoms with Crippen molar-refractivity contribution >= 4 is 0 Å². The van der Waals surface area contributed by atoms with Crippen LogP contribution in [0.2, 0.25) is 0 Å². The predicted octanol–water partition coefficient (Wildman–Crippen LogP) is 1.79. The van der Waals surface area contributed by atoms with Crippen LogP contribution in [-0.4, -0.2) is 40.5 Å². The topological polar surface area (TPSA) is 32.1 Å². The summed E-state index contributed by atoms with van der Waals surface area (Å²) in [6.45, 7) is 6.85. The van der Waals surface area contributed by atoms with Crippen LogP contribution in [0.1, 0.15) is 26.2 Å². The molecule has 0 bridgehead atoms. The Kier molecular flexibility index (Phi) is 6.18. The van der Waals surface area contributed by atoms with E-state index in [1.54, 1.807) is 19.1 Å². The first-order valence-electron chi connectivity index (χ1n) is 7.92. The quantitative estimate of drug-likeness (QED) is 0.778. The van der Waals surface area contributed by atoms with Gasteiger partial charge in [-0.25, -0.2) is 0 Å². The number of methoxy groups -OCH3 is 2. The first kappa shape index (κ1) is 16.0. The SMILES string of the molecule is COc1cccc(OC)c1OCCC[NH+]1CCC[C@@H](C)C1. The molecular weight excluding hydrogens is 266 g/mol. The Bertz CT molecular complexity index is 414. The molecule has 1 N–H and O–H groups in total. The van der Waals surface area contributed by atoms with Gasteiger partial charge in [-0.1, -0.05) is 13.0 Å². The number of nitrogens with one attached hydrogen (secondary N) is 1. The molecule has 0 radical (unpaired) electrons. The Morgan fingerprint density at radius 2 is 1.90 bits per heavy atom. The minimum atomic E-state index is 0.703. The summed E-state index contributed by atoms with van der Waals surface area (Å²) in [6.07, 6.45) is 3.80. The maximum Gasteiger partial charge on any atom is 0.203 e. The minimum Gasteiger partial charge on any atom is -0.493 e. The molecule has 2 atom stereocenters. The Morgan fingerprint density at radius 1 is 1.19 bits per heavy atom. The van der Waals surface area contributed by atoms with Crippen molar-refractivity contribution in [1.29, 1.82) is 0 Å². The van der Waals surface area contributed by atoms with Gasteiger partial charge in [0, 0.05) is 12.3 Å². The lowest BCUT2D eigenvalue weighted by Crippen LogP contribution is -3.13. The van der Waals surface area contributed by atoms with Crippen LogP contribution in [0.5, 0.6) is 17.2 Å². The standard InChI is InChI=1S/C17H27NO3/c1-14-7-5-10-18(13-14)11-6-12-21-17-15(19-2)8-4-9-16(17)20-3/h4,8-9,14H,5-7,10-13H2,1-3H3/p+1/t14-/m1/s1. The molecular formula is C17H28NO3+. The summed E-state index contributed by atoms with van der Waals surface area (Å²) in [4.78, 5) is 1.71. The van der Waals surface area contributed by atoms with Crippen LogP contribution in [0.4, 0.5) is 0 Å². The zero-order valence-electron chi connectivity index (χ0n) is 13.5. The van der Waals surface area contributed by atoms with Crippen molar-refractivity contribution in [3.8, 4) is 17.2 Å². The maximum atomic E-state index is 5.90. The lowest BCUT2D eigenvalue weighted by molar-refractivity contribution is -0.908. The third-order valence-electron chi connectivity index (χ3n) is 4.17. The maximum absolute atomic E-state index is 5.90. The second-order valence-electron chi connectivity index (χ2n) is 5.90. The van der Waals surface area contributed by atoms with E-state index in [4.69, 9.17) is 14.2 Å². The highest BCUT2D eigenvalue weighted by molar-refractivity contribution is 5.51. The number of hydrogen-bond acceptors (Lipinski definition) is 3. The van der Waals surface area contributed by atoms with Gasteiger partial charge in [0.05, 0.1) is 40.5 Å². The zero-order chi connectivity index (χ0) is 15.1. The number of para-hydroxylation sites is 1. The summed E-state index contributed by atoms with van der Waals surface area (Å²) in [5, 5.41) is 0. The van der Waals surface area contributed by atoms with Gasteiger partial charge in [0.1, 0.15) is 0 Å². The molecule has 118 valence electrons. The smallest absolute Gasteiger partial charge is 0.203 e. The second-order valence-corrected chi connectivity index (χ2v) is 5.90. The number of ether oxygens (including phenoxy) is 3. The fourth-order valence-corrected chi connectivity index (χ4v) is 3.08. The van der Waals surface area contributed by atoms with Crippen LogP contribution >= 0.6 is 0 Å². The van der Waals surface area contributed by atoms with Gasteiger partial charge >= 0.3 is 0 Å². The monoisotopic (exact) mass is 294 g/mol. The molecule has 21 heavy (non-hydrogen) atoms. The van der Waals surface area contributed by atoms with Crippen molar-refractivity contribution in [2.24, 2.45) is 5.92 Å². The fourth-order valence-electron chi connectivity index (χ4n) is 3.08. The van der Waals surface area contributed by atoms with Crippen LogP contribution in [-0.2, 0) is 0 Å². The number of benzene rings is 1. The molecule has 1 unspecified atom stereocenters. The highest BCUT2D eigenvalue weighted by Crippen LogP contribution is 2.36. The second kappa shape index (κ2) is 8.13. The fraction of sp³-hybridized carbons (Fsp3) is 0.647. The van der Waals surface area contributed by atoms with Crippen molar-refractivity contribution in [2.75, 3.05) is 40.5 Å². The number of rotatable bonds is 7. The number of hydrogen-bond donors (Lipinski definition) is 1. The molecule has 1 saturated heterocycles. The number of quaternary nitrogens is 1. The van der Waals surface area contributed by atoms with Gasteiger partial charge in [0.2, 0.25) is 5.75 Å². The normalized spacial score (nSPS) is 21.9. The van der Waals surface area contributed by atoms with Gasteiger partial charge < -0.3 is 19.1 Å². The highest BCUT2D eigenvalue weighted by Gasteiger charge is 2.19. The molecule has 0 aliphatic carbocycles. The van der Waals surface area contributed by atoms with Crippen molar-refractivity contribution in [1.82, 2.24) is 0 Å². The molecule has 0 aromatic heterocycles. The van der Waals surface area contributed by atoms with Crippen molar-refractivity contribution < 1.29 is 19.1 Å². The lowest BCUT2D eigenvalue weighted by atomic mass is 10.0. The molecule has 0 spiro atoms. The molecule has 0 amide bonds. The molecule has 1 heterocycles. The summed E-state index contributed by atoms with van der Waals surface area (Å²) in [5.41, 5.74) is 0. The lowest BCUT2D eigenvalue weighted by Gasteiger charge is -2.27. The molecule has 4 nitrogen and oxygen atoms in total. The average Bonchev–Trinajstić information content (AvgIpc) is 2.51. The first-order valence-corrected chi connectivity index (χ1v) is 7.92. The predicted molar refractivity (Wildman–Crippen MR) is 83.6 cm³/mol. The van der Waals surface area contributed by atoms with Gasteiger partial charge in [-0.3, -0.25) is 0 Å². The molecule has 1 fully saturated rings. The van der Waals surface area contributed by atoms with Gasteiger partial charge in [-0.15, -0.1) is 0 Å². The van der Waals surface area contributed by atoms with Crippen LogP contribution in [0, 0.1) is 5.92 Å². The molecule has 1 aliphatic rings. The van der Waals surface area contributed by atoms with Crippen molar-refractivity contribution in [2.45, 2.75) is 26.2 Å². The highest BCUT2D eigenvalue weighted by atomic mass is 16.5. The molecule has 2 rings (SSSR count). The summed E-state index contributed by atoms with van der Waals surface area (Å²) >= 11 is 0. The number of likely N-dealkylation sites (tertiary alicyclic amines) is 1. The van der Waals surface area contributed by atoms with E-state index in [-0.39, 0.29) is 0 Å². The Balaban J connectivity index is 1.80.